The summed E-state index contributed by atoms with van der Waals surface area (Å²) in [7, 11) is 1.50. The quantitative estimate of drug-likeness (QED) is 0.473. The summed E-state index contributed by atoms with van der Waals surface area (Å²) >= 11 is 0. The van der Waals surface area contributed by atoms with Crippen LogP contribution in [0.25, 0.3) is 0 Å². The number of rotatable bonds is 5. The van der Waals surface area contributed by atoms with Crippen molar-refractivity contribution in [3.05, 3.63) is 23.8 Å². The van der Waals surface area contributed by atoms with E-state index in [0.29, 0.717) is 37.7 Å². The second-order valence-electron chi connectivity index (χ2n) is 5.19. The molecule has 1 aromatic carbocycles. The summed E-state index contributed by atoms with van der Waals surface area (Å²) in [6.07, 6.45) is 4.31. The number of esters is 1. The Hall–Kier alpha value is -2.17. The first-order valence-corrected chi connectivity index (χ1v) is 6.98. The average molecular weight is 290 g/mol. The van der Waals surface area contributed by atoms with E-state index in [2.05, 4.69) is 0 Å². The van der Waals surface area contributed by atoms with Gasteiger partial charge in [0, 0.05) is 5.92 Å². The molecule has 0 heterocycles. The molecule has 0 atom stereocenters. The lowest BCUT2D eigenvalue weighted by Crippen LogP contribution is -2.26. The van der Waals surface area contributed by atoms with Gasteiger partial charge in [0.15, 0.2) is 6.29 Å². The van der Waals surface area contributed by atoms with E-state index < -0.39 is 0 Å². The molecule has 21 heavy (non-hydrogen) atoms. The van der Waals surface area contributed by atoms with Gasteiger partial charge in [-0.1, -0.05) is 0 Å². The molecule has 1 aromatic rings. The van der Waals surface area contributed by atoms with Crippen LogP contribution in [0, 0.1) is 11.8 Å². The van der Waals surface area contributed by atoms with E-state index in [1.165, 1.54) is 13.2 Å². The predicted molar refractivity (Wildman–Crippen MR) is 75.5 cm³/mol. The molecular formula is C16H18O5. The van der Waals surface area contributed by atoms with Gasteiger partial charge in [-0.3, -0.25) is 9.59 Å². The first-order chi connectivity index (χ1) is 10.2. The lowest BCUT2D eigenvalue weighted by molar-refractivity contribution is -0.140. The molecule has 5 heteroatoms. The van der Waals surface area contributed by atoms with Crippen LogP contribution >= 0.6 is 0 Å². The zero-order chi connectivity index (χ0) is 15.2. The van der Waals surface area contributed by atoms with E-state index in [1.807, 2.05) is 0 Å². The highest BCUT2D eigenvalue weighted by Gasteiger charge is 2.28. The van der Waals surface area contributed by atoms with Crippen molar-refractivity contribution in [1.29, 1.82) is 0 Å². The van der Waals surface area contributed by atoms with Crippen molar-refractivity contribution >= 4 is 18.5 Å². The van der Waals surface area contributed by atoms with Gasteiger partial charge < -0.3 is 14.3 Å². The van der Waals surface area contributed by atoms with Crippen LogP contribution in [0.2, 0.25) is 0 Å². The molecule has 0 aromatic heterocycles. The fourth-order valence-corrected chi connectivity index (χ4v) is 2.52. The Labute approximate surface area is 123 Å². The van der Waals surface area contributed by atoms with E-state index >= 15 is 0 Å². The van der Waals surface area contributed by atoms with E-state index in [-0.39, 0.29) is 29.1 Å². The maximum absolute atomic E-state index is 12.1. The number of methoxy groups -OCH3 is 1. The SMILES string of the molecule is COc1ccc(OC(=O)C2CCC(C=O)CC2)c(C=O)c1. The summed E-state index contributed by atoms with van der Waals surface area (Å²) in [5.41, 5.74) is 0.282. The van der Waals surface area contributed by atoms with Crippen molar-refractivity contribution < 1.29 is 23.9 Å². The number of hydrogen-bond donors (Lipinski definition) is 0. The first-order valence-electron chi connectivity index (χ1n) is 6.98. The Bertz CT molecular complexity index is 529. The maximum Gasteiger partial charge on any atom is 0.314 e. The van der Waals surface area contributed by atoms with Crippen LogP contribution < -0.4 is 9.47 Å². The predicted octanol–water partition coefficient (Wildman–Crippen LogP) is 2.42. The number of carbonyl (C=O) groups excluding carboxylic acids is 3. The molecule has 1 saturated carbocycles. The molecule has 0 amide bonds. The van der Waals surface area contributed by atoms with Crippen molar-refractivity contribution in [2.24, 2.45) is 11.8 Å². The second kappa shape index (κ2) is 7.02. The van der Waals surface area contributed by atoms with Crippen LogP contribution in [0.5, 0.6) is 11.5 Å². The highest BCUT2D eigenvalue weighted by atomic mass is 16.5. The van der Waals surface area contributed by atoms with Gasteiger partial charge in [0.1, 0.15) is 17.8 Å². The smallest absolute Gasteiger partial charge is 0.314 e. The normalized spacial score (nSPS) is 21.4. The van der Waals surface area contributed by atoms with Gasteiger partial charge in [0.05, 0.1) is 18.6 Å². The third-order valence-electron chi connectivity index (χ3n) is 3.85. The van der Waals surface area contributed by atoms with Crippen LogP contribution in [0.3, 0.4) is 0 Å². The van der Waals surface area contributed by atoms with Crippen molar-refractivity contribution in [2.75, 3.05) is 7.11 Å². The summed E-state index contributed by atoms with van der Waals surface area (Å²) in [6, 6.07) is 4.72. The zero-order valence-electron chi connectivity index (χ0n) is 11.9. The number of benzene rings is 1. The van der Waals surface area contributed by atoms with Gasteiger partial charge in [-0.2, -0.15) is 0 Å². The topological polar surface area (TPSA) is 69.7 Å². The molecule has 1 fully saturated rings. The highest BCUT2D eigenvalue weighted by Crippen LogP contribution is 2.30. The standard InChI is InChI=1S/C16H18O5/c1-20-14-6-7-15(13(8-14)10-18)21-16(19)12-4-2-11(9-17)3-5-12/h6-12H,2-5H2,1H3. The first kappa shape index (κ1) is 15.2. The van der Waals surface area contributed by atoms with E-state index in [0.717, 1.165) is 6.29 Å². The second-order valence-corrected chi connectivity index (χ2v) is 5.19. The fraction of sp³-hybridized carbons (Fsp3) is 0.438. The summed E-state index contributed by atoms with van der Waals surface area (Å²) in [4.78, 5) is 33.9. The molecule has 1 aliphatic carbocycles. The number of ether oxygens (including phenoxy) is 2. The summed E-state index contributed by atoms with van der Waals surface area (Å²) in [6.45, 7) is 0. The van der Waals surface area contributed by atoms with Crippen LogP contribution in [0.1, 0.15) is 36.0 Å². The van der Waals surface area contributed by atoms with Gasteiger partial charge in [-0.25, -0.2) is 0 Å². The Morgan fingerprint density at radius 2 is 1.90 bits per heavy atom. The molecule has 0 saturated heterocycles. The molecule has 0 spiro atoms. The van der Waals surface area contributed by atoms with Gasteiger partial charge >= 0.3 is 5.97 Å². The molecule has 5 nitrogen and oxygen atoms in total. The number of carbonyl (C=O) groups is 3. The number of aldehydes is 2. The summed E-state index contributed by atoms with van der Waals surface area (Å²) < 4.78 is 10.4. The minimum absolute atomic E-state index is 0.0561. The van der Waals surface area contributed by atoms with E-state index in [1.54, 1.807) is 12.1 Å². The minimum Gasteiger partial charge on any atom is -0.497 e. The van der Waals surface area contributed by atoms with Crippen molar-refractivity contribution in [1.82, 2.24) is 0 Å². The highest BCUT2D eigenvalue weighted by molar-refractivity contribution is 5.83. The van der Waals surface area contributed by atoms with Crippen molar-refractivity contribution in [3.63, 3.8) is 0 Å². The Morgan fingerprint density at radius 3 is 2.48 bits per heavy atom. The molecule has 0 bridgehead atoms. The zero-order valence-corrected chi connectivity index (χ0v) is 11.9. The molecule has 112 valence electrons. The Morgan fingerprint density at radius 1 is 1.19 bits per heavy atom. The molecule has 0 aliphatic heterocycles. The van der Waals surface area contributed by atoms with Crippen molar-refractivity contribution in [2.45, 2.75) is 25.7 Å². The molecule has 0 unspecified atom stereocenters. The lowest BCUT2D eigenvalue weighted by atomic mass is 9.83. The fourth-order valence-electron chi connectivity index (χ4n) is 2.52. The van der Waals surface area contributed by atoms with E-state index in [9.17, 15) is 14.4 Å². The molecular weight excluding hydrogens is 272 g/mol. The van der Waals surface area contributed by atoms with Crippen LogP contribution in [-0.2, 0) is 9.59 Å². The largest absolute Gasteiger partial charge is 0.497 e. The van der Waals surface area contributed by atoms with E-state index in [4.69, 9.17) is 9.47 Å². The van der Waals surface area contributed by atoms with Gasteiger partial charge in [0.2, 0.25) is 0 Å². The van der Waals surface area contributed by atoms with Crippen LogP contribution in [0.15, 0.2) is 18.2 Å². The summed E-state index contributed by atoms with van der Waals surface area (Å²) in [5, 5.41) is 0. The average Bonchev–Trinajstić information content (AvgIpc) is 2.55. The van der Waals surface area contributed by atoms with Crippen molar-refractivity contribution in [3.8, 4) is 11.5 Å². The monoisotopic (exact) mass is 290 g/mol. The third-order valence-corrected chi connectivity index (χ3v) is 3.85. The minimum atomic E-state index is -0.340. The molecule has 0 radical (unpaired) electrons. The van der Waals surface area contributed by atoms with Gasteiger partial charge in [-0.15, -0.1) is 0 Å². The van der Waals surface area contributed by atoms with Crippen LogP contribution in [-0.4, -0.2) is 25.7 Å². The number of hydrogen-bond acceptors (Lipinski definition) is 5. The Kier molecular flexibility index (Phi) is 5.09. The molecule has 0 N–H and O–H groups in total. The van der Waals surface area contributed by atoms with Crippen LogP contribution in [0.4, 0.5) is 0 Å². The molecule has 1 aliphatic rings. The summed E-state index contributed by atoms with van der Waals surface area (Å²) in [5.74, 6) is 0.285. The Balaban J connectivity index is 2.03. The third kappa shape index (κ3) is 3.68. The lowest BCUT2D eigenvalue weighted by Gasteiger charge is -2.23. The van der Waals surface area contributed by atoms with Gasteiger partial charge in [-0.05, 0) is 43.9 Å². The maximum atomic E-state index is 12.1. The van der Waals surface area contributed by atoms with Gasteiger partial charge in [0.25, 0.3) is 0 Å². The molecule has 2 rings (SSSR count).